The van der Waals surface area contributed by atoms with Crippen LogP contribution in [0.3, 0.4) is 0 Å². The summed E-state index contributed by atoms with van der Waals surface area (Å²) < 4.78 is 0. The number of nitrogens with zero attached hydrogens (tertiary/aromatic N) is 1. The molecule has 0 atom stereocenters. The van der Waals surface area contributed by atoms with Gasteiger partial charge in [-0.3, -0.25) is 4.99 Å². The molecular weight excluding hydrogens is 150 g/mol. The Balaban J connectivity index is 2.83. The highest BCUT2D eigenvalue weighted by Crippen LogP contribution is 2.68. The van der Waals surface area contributed by atoms with Gasteiger partial charge >= 0.3 is 0 Å². The van der Waals surface area contributed by atoms with E-state index in [1.807, 2.05) is 0 Å². The van der Waals surface area contributed by atoms with Crippen molar-refractivity contribution in [2.24, 2.45) is 27.6 Å². The summed E-state index contributed by atoms with van der Waals surface area (Å²) in [6, 6.07) is 0. The van der Waals surface area contributed by atoms with Gasteiger partial charge in [0.2, 0.25) is 0 Å². The Hall–Kier alpha value is -0.570. The van der Waals surface area contributed by atoms with Gasteiger partial charge in [-0.1, -0.05) is 27.7 Å². The van der Waals surface area contributed by atoms with Crippen LogP contribution in [0.25, 0.3) is 0 Å². The van der Waals surface area contributed by atoms with Crippen LogP contribution in [0.1, 0.15) is 27.7 Å². The Kier molecular flexibility index (Phi) is 1.95. The van der Waals surface area contributed by atoms with E-state index in [0.717, 1.165) is 5.84 Å². The number of rotatable bonds is 1. The summed E-state index contributed by atoms with van der Waals surface area (Å²) in [5, 5.41) is 0. The second-order valence-corrected chi connectivity index (χ2v) is 4.63. The molecule has 70 valence electrons. The molecule has 3 nitrogen and oxygen atoms in total. The van der Waals surface area contributed by atoms with Crippen LogP contribution in [0.5, 0.6) is 0 Å². The Labute approximate surface area is 74.4 Å². The van der Waals surface area contributed by atoms with Crippen LogP contribution in [0.15, 0.2) is 4.99 Å². The van der Waals surface area contributed by atoms with E-state index in [4.69, 9.17) is 5.84 Å². The quantitative estimate of drug-likeness (QED) is 0.268. The summed E-state index contributed by atoms with van der Waals surface area (Å²) in [6.07, 6.45) is 0. The van der Waals surface area contributed by atoms with Gasteiger partial charge in [0.05, 0.1) is 0 Å². The summed E-state index contributed by atoms with van der Waals surface area (Å²) in [5.74, 6) is 6.78. The monoisotopic (exact) mass is 169 g/mol. The Bertz CT molecular complexity index is 202. The van der Waals surface area contributed by atoms with Crippen molar-refractivity contribution < 1.29 is 0 Å². The van der Waals surface area contributed by atoms with E-state index in [1.54, 1.807) is 7.05 Å². The van der Waals surface area contributed by atoms with Gasteiger partial charge in [-0.05, 0) is 10.8 Å². The molecule has 0 spiro atoms. The van der Waals surface area contributed by atoms with Gasteiger partial charge in [0.25, 0.3) is 0 Å². The molecule has 0 unspecified atom stereocenters. The molecule has 1 aliphatic rings. The summed E-state index contributed by atoms with van der Waals surface area (Å²) in [6.45, 7) is 9.00. The molecule has 0 aliphatic heterocycles. The largest absolute Gasteiger partial charge is 0.312 e. The van der Waals surface area contributed by atoms with Crippen molar-refractivity contribution in [1.29, 1.82) is 0 Å². The van der Waals surface area contributed by atoms with Gasteiger partial charge in [0.15, 0.2) is 0 Å². The second kappa shape index (κ2) is 2.46. The SMILES string of the molecule is CN=C(NN)C1C(C)(C)C1(C)C. The number of hydrogen-bond donors (Lipinski definition) is 2. The van der Waals surface area contributed by atoms with Gasteiger partial charge in [-0.25, -0.2) is 5.84 Å². The van der Waals surface area contributed by atoms with Crippen molar-refractivity contribution in [3.63, 3.8) is 0 Å². The standard InChI is InChI=1S/C9H19N3/c1-8(2)6(9(8,3)4)7(11-5)12-10/h6H,10H2,1-5H3,(H,11,12). The molecule has 0 bridgehead atoms. The Morgan fingerprint density at radius 1 is 1.25 bits per heavy atom. The van der Waals surface area contributed by atoms with Gasteiger partial charge in [0.1, 0.15) is 5.84 Å². The zero-order valence-corrected chi connectivity index (χ0v) is 8.60. The van der Waals surface area contributed by atoms with Crippen molar-refractivity contribution >= 4 is 5.84 Å². The lowest BCUT2D eigenvalue weighted by molar-refractivity contribution is 0.457. The van der Waals surface area contributed by atoms with Crippen LogP contribution in [-0.2, 0) is 0 Å². The van der Waals surface area contributed by atoms with Crippen molar-refractivity contribution in [3.8, 4) is 0 Å². The van der Waals surface area contributed by atoms with Crippen molar-refractivity contribution in [2.75, 3.05) is 7.05 Å². The molecule has 0 aromatic carbocycles. The third kappa shape index (κ3) is 0.959. The second-order valence-electron chi connectivity index (χ2n) is 4.63. The number of hydrogen-bond acceptors (Lipinski definition) is 2. The summed E-state index contributed by atoms with van der Waals surface area (Å²) in [5.41, 5.74) is 3.30. The molecule has 1 saturated carbocycles. The van der Waals surface area contributed by atoms with Crippen molar-refractivity contribution in [3.05, 3.63) is 0 Å². The lowest BCUT2D eigenvalue weighted by atomic mass is 10.0. The van der Waals surface area contributed by atoms with Crippen LogP contribution >= 0.6 is 0 Å². The highest BCUT2D eigenvalue weighted by Gasteiger charge is 2.66. The molecule has 1 fully saturated rings. The van der Waals surface area contributed by atoms with E-state index in [1.165, 1.54) is 0 Å². The third-order valence-corrected chi connectivity index (χ3v) is 3.68. The van der Waals surface area contributed by atoms with Gasteiger partial charge in [-0.2, -0.15) is 0 Å². The molecule has 12 heavy (non-hydrogen) atoms. The number of aliphatic imine (C=N–C) groups is 1. The Morgan fingerprint density at radius 2 is 1.67 bits per heavy atom. The highest BCUT2D eigenvalue weighted by molar-refractivity contribution is 5.88. The molecule has 0 radical (unpaired) electrons. The van der Waals surface area contributed by atoms with Crippen LogP contribution in [0, 0.1) is 16.7 Å². The van der Waals surface area contributed by atoms with E-state index >= 15 is 0 Å². The first-order chi connectivity index (χ1) is 5.39. The predicted molar refractivity (Wildman–Crippen MR) is 51.7 cm³/mol. The Morgan fingerprint density at radius 3 is 1.75 bits per heavy atom. The molecule has 0 aromatic rings. The fourth-order valence-corrected chi connectivity index (χ4v) is 2.16. The fraction of sp³-hybridized carbons (Fsp3) is 0.889. The van der Waals surface area contributed by atoms with Gasteiger partial charge in [-0.15, -0.1) is 0 Å². The highest BCUT2D eigenvalue weighted by atomic mass is 15.3. The molecule has 0 saturated heterocycles. The average Bonchev–Trinajstić information content (AvgIpc) is 2.34. The smallest absolute Gasteiger partial charge is 0.114 e. The van der Waals surface area contributed by atoms with E-state index in [9.17, 15) is 0 Å². The molecule has 0 amide bonds. The van der Waals surface area contributed by atoms with E-state index in [-0.39, 0.29) is 0 Å². The third-order valence-electron chi connectivity index (χ3n) is 3.68. The minimum atomic E-state index is 0.314. The molecule has 3 heteroatoms. The van der Waals surface area contributed by atoms with Crippen LogP contribution < -0.4 is 11.3 Å². The van der Waals surface area contributed by atoms with Crippen LogP contribution in [-0.4, -0.2) is 12.9 Å². The number of nitrogens with two attached hydrogens (primary N) is 1. The molecule has 1 aliphatic carbocycles. The lowest BCUT2D eigenvalue weighted by Gasteiger charge is -2.04. The molecule has 0 heterocycles. The zero-order valence-electron chi connectivity index (χ0n) is 8.60. The number of amidine groups is 1. The lowest BCUT2D eigenvalue weighted by Crippen LogP contribution is -2.33. The van der Waals surface area contributed by atoms with E-state index in [2.05, 4.69) is 38.1 Å². The van der Waals surface area contributed by atoms with Crippen molar-refractivity contribution in [1.82, 2.24) is 5.43 Å². The van der Waals surface area contributed by atoms with Crippen LogP contribution in [0.4, 0.5) is 0 Å². The number of hydrazine groups is 1. The van der Waals surface area contributed by atoms with Gasteiger partial charge < -0.3 is 5.43 Å². The van der Waals surface area contributed by atoms with Gasteiger partial charge in [0, 0.05) is 13.0 Å². The summed E-state index contributed by atoms with van der Waals surface area (Å²) in [7, 11) is 1.78. The zero-order chi connectivity index (χ0) is 9.57. The number of nitrogens with one attached hydrogen (secondary N) is 1. The van der Waals surface area contributed by atoms with Crippen molar-refractivity contribution in [2.45, 2.75) is 27.7 Å². The summed E-state index contributed by atoms with van der Waals surface area (Å²) in [4.78, 5) is 4.14. The molecule has 3 N–H and O–H groups in total. The maximum absolute atomic E-state index is 5.39. The van der Waals surface area contributed by atoms with E-state index in [0.29, 0.717) is 16.7 Å². The minimum Gasteiger partial charge on any atom is -0.312 e. The normalized spacial score (nSPS) is 27.0. The van der Waals surface area contributed by atoms with Crippen LogP contribution in [0.2, 0.25) is 0 Å². The topological polar surface area (TPSA) is 50.4 Å². The minimum absolute atomic E-state index is 0.314. The fourth-order valence-electron chi connectivity index (χ4n) is 2.16. The van der Waals surface area contributed by atoms with E-state index < -0.39 is 0 Å². The first kappa shape index (κ1) is 9.52. The first-order valence-electron chi connectivity index (χ1n) is 4.33. The molecular formula is C9H19N3. The average molecular weight is 169 g/mol. The first-order valence-corrected chi connectivity index (χ1v) is 4.33. The molecule has 0 aromatic heterocycles. The maximum Gasteiger partial charge on any atom is 0.114 e. The molecule has 1 rings (SSSR count). The maximum atomic E-state index is 5.39. The summed E-state index contributed by atoms with van der Waals surface area (Å²) >= 11 is 0. The predicted octanol–water partition coefficient (Wildman–Crippen LogP) is 1.16.